The van der Waals surface area contributed by atoms with Crippen LogP contribution in [0.15, 0.2) is 0 Å². The molecule has 7 heteroatoms. The molecule has 0 fully saturated rings. The van der Waals surface area contributed by atoms with Crippen molar-refractivity contribution in [2.45, 2.75) is 12.5 Å². The monoisotopic (exact) mass is 247 g/mol. The van der Waals surface area contributed by atoms with E-state index in [0.29, 0.717) is 10.0 Å². The SMILES string of the molecule is CC(CO)(CO)Nc1nc(Cl)c(C#N)s1. The largest absolute Gasteiger partial charge is 0.394 e. The lowest BCUT2D eigenvalue weighted by Gasteiger charge is -2.25. The van der Waals surface area contributed by atoms with Crippen LogP contribution in [0.4, 0.5) is 5.13 Å². The fraction of sp³-hybridized carbons (Fsp3) is 0.500. The Labute approximate surface area is 96.0 Å². The third-order valence-electron chi connectivity index (χ3n) is 1.79. The van der Waals surface area contributed by atoms with Crippen LogP contribution in [0.5, 0.6) is 0 Å². The summed E-state index contributed by atoms with van der Waals surface area (Å²) in [4.78, 5) is 4.19. The van der Waals surface area contributed by atoms with Crippen molar-refractivity contribution < 1.29 is 10.2 Å². The van der Waals surface area contributed by atoms with Gasteiger partial charge in [-0.2, -0.15) is 5.26 Å². The summed E-state index contributed by atoms with van der Waals surface area (Å²) in [5, 5.41) is 30.1. The highest BCUT2D eigenvalue weighted by Gasteiger charge is 2.24. The zero-order valence-electron chi connectivity index (χ0n) is 7.99. The number of halogens is 1. The van der Waals surface area contributed by atoms with Crippen LogP contribution in [-0.4, -0.2) is 33.9 Å². The van der Waals surface area contributed by atoms with E-state index in [-0.39, 0.29) is 18.4 Å². The minimum Gasteiger partial charge on any atom is -0.394 e. The lowest BCUT2D eigenvalue weighted by atomic mass is 10.1. The van der Waals surface area contributed by atoms with Crippen LogP contribution < -0.4 is 5.32 Å². The second-order valence-electron chi connectivity index (χ2n) is 3.25. The predicted molar refractivity (Wildman–Crippen MR) is 58.0 cm³/mol. The highest BCUT2D eigenvalue weighted by molar-refractivity contribution is 7.16. The molecule has 0 aliphatic carbocycles. The summed E-state index contributed by atoms with van der Waals surface area (Å²) in [6.07, 6.45) is 0. The van der Waals surface area contributed by atoms with Gasteiger partial charge in [-0.3, -0.25) is 0 Å². The molecule has 0 radical (unpaired) electrons. The molecule has 0 aromatic carbocycles. The molecular formula is C8H10ClN3O2S. The number of aliphatic hydroxyl groups excluding tert-OH is 2. The van der Waals surface area contributed by atoms with Crippen molar-refractivity contribution in [3.63, 3.8) is 0 Å². The Morgan fingerprint density at radius 1 is 1.60 bits per heavy atom. The summed E-state index contributed by atoms with van der Waals surface area (Å²) >= 11 is 6.75. The van der Waals surface area contributed by atoms with Gasteiger partial charge in [0.05, 0.1) is 18.8 Å². The molecule has 1 rings (SSSR count). The van der Waals surface area contributed by atoms with E-state index in [4.69, 9.17) is 27.1 Å². The summed E-state index contributed by atoms with van der Waals surface area (Å²) in [6, 6.07) is 1.90. The number of aromatic nitrogens is 1. The van der Waals surface area contributed by atoms with Gasteiger partial charge in [0.2, 0.25) is 0 Å². The zero-order valence-corrected chi connectivity index (χ0v) is 9.56. The van der Waals surface area contributed by atoms with Crippen molar-refractivity contribution in [1.29, 1.82) is 5.26 Å². The van der Waals surface area contributed by atoms with Gasteiger partial charge in [0.25, 0.3) is 0 Å². The maximum Gasteiger partial charge on any atom is 0.186 e. The molecule has 0 unspecified atom stereocenters. The van der Waals surface area contributed by atoms with Crippen LogP contribution in [-0.2, 0) is 0 Å². The van der Waals surface area contributed by atoms with E-state index >= 15 is 0 Å². The van der Waals surface area contributed by atoms with Crippen molar-refractivity contribution >= 4 is 28.1 Å². The second-order valence-corrected chi connectivity index (χ2v) is 4.61. The Balaban J connectivity index is 2.86. The van der Waals surface area contributed by atoms with Crippen LogP contribution in [0.2, 0.25) is 5.15 Å². The average Bonchev–Trinajstić information content (AvgIpc) is 2.58. The van der Waals surface area contributed by atoms with Crippen LogP contribution in [0.1, 0.15) is 11.8 Å². The average molecular weight is 248 g/mol. The molecule has 1 heterocycles. The van der Waals surface area contributed by atoms with Crippen LogP contribution >= 0.6 is 22.9 Å². The third kappa shape index (κ3) is 2.79. The molecule has 0 aliphatic heterocycles. The molecular weight excluding hydrogens is 238 g/mol. The first-order chi connectivity index (χ1) is 7.04. The topological polar surface area (TPSA) is 89.2 Å². The maximum atomic E-state index is 9.04. The minimum absolute atomic E-state index is 0.128. The standard InChI is InChI=1S/C8H10ClN3O2S/c1-8(3-13,4-14)12-7-11-6(9)5(2-10)15-7/h13-14H,3-4H2,1H3,(H,11,12). The van der Waals surface area contributed by atoms with Gasteiger partial charge in [-0.25, -0.2) is 4.98 Å². The van der Waals surface area contributed by atoms with E-state index in [1.54, 1.807) is 6.92 Å². The Bertz CT molecular complexity index is 384. The van der Waals surface area contributed by atoms with Gasteiger partial charge in [-0.1, -0.05) is 22.9 Å². The molecule has 0 bridgehead atoms. The van der Waals surface area contributed by atoms with E-state index in [1.807, 2.05) is 6.07 Å². The van der Waals surface area contributed by atoms with Crippen LogP contribution in [0.25, 0.3) is 0 Å². The predicted octanol–water partition coefficient (Wildman–Crippen LogP) is 0.823. The lowest BCUT2D eigenvalue weighted by molar-refractivity contribution is 0.147. The van der Waals surface area contributed by atoms with Gasteiger partial charge in [0, 0.05) is 0 Å². The third-order valence-corrected chi connectivity index (χ3v) is 3.06. The summed E-state index contributed by atoms with van der Waals surface area (Å²) in [7, 11) is 0. The van der Waals surface area contributed by atoms with Crippen molar-refractivity contribution in [1.82, 2.24) is 4.98 Å². The number of nitrogens with one attached hydrogen (secondary N) is 1. The molecule has 82 valence electrons. The molecule has 0 aliphatic rings. The van der Waals surface area contributed by atoms with Gasteiger partial charge >= 0.3 is 0 Å². The number of hydrogen-bond donors (Lipinski definition) is 3. The maximum absolute atomic E-state index is 9.04. The van der Waals surface area contributed by atoms with Gasteiger partial charge in [0.1, 0.15) is 10.9 Å². The molecule has 0 atom stereocenters. The number of rotatable bonds is 4. The number of nitriles is 1. The first-order valence-electron chi connectivity index (χ1n) is 4.11. The Morgan fingerprint density at radius 3 is 2.60 bits per heavy atom. The van der Waals surface area contributed by atoms with Crippen molar-refractivity contribution in [3.8, 4) is 6.07 Å². The lowest BCUT2D eigenvalue weighted by Crippen LogP contribution is -2.42. The first kappa shape index (κ1) is 12.2. The smallest absolute Gasteiger partial charge is 0.186 e. The molecule has 1 aromatic heterocycles. The summed E-state index contributed by atoms with van der Waals surface area (Å²) in [6.45, 7) is 1.14. The fourth-order valence-corrected chi connectivity index (χ4v) is 1.91. The Hall–Kier alpha value is -0.870. The van der Waals surface area contributed by atoms with Gasteiger partial charge < -0.3 is 15.5 Å². The molecule has 0 spiro atoms. The molecule has 0 saturated carbocycles. The highest BCUT2D eigenvalue weighted by Crippen LogP contribution is 2.27. The summed E-state index contributed by atoms with van der Waals surface area (Å²) < 4.78 is 0. The van der Waals surface area contributed by atoms with Crippen molar-refractivity contribution in [3.05, 3.63) is 10.0 Å². The molecule has 5 nitrogen and oxygen atoms in total. The van der Waals surface area contributed by atoms with E-state index in [9.17, 15) is 0 Å². The number of nitrogens with zero attached hydrogens (tertiary/aromatic N) is 2. The second kappa shape index (κ2) is 4.77. The fourth-order valence-electron chi connectivity index (χ4n) is 0.811. The van der Waals surface area contributed by atoms with Gasteiger partial charge in [-0.05, 0) is 6.92 Å². The summed E-state index contributed by atoms with van der Waals surface area (Å²) in [5.74, 6) is 0. The van der Waals surface area contributed by atoms with Crippen molar-refractivity contribution in [2.75, 3.05) is 18.5 Å². The number of hydrogen-bond acceptors (Lipinski definition) is 6. The number of thiazole rings is 1. The molecule has 0 saturated heterocycles. The quantitative estimate of drug-likeness (QED) is 0.733. The first-order valence-corrected chi connectivity index (χ1v) is 5.30. The normalized spacial score (nSPS) is 11.1. The van der Waals surface area contributed by atoms with Crippen LogP contribution in [0, 0.1) is 11.3 Å². The van der Waals surface area contributed by atoms with Gasteiger partial charge in [0.15, 0.2) is 10.3 Å². The molecule has 1 aromatic rings. The molecule has 3 N–H and O–H groups in total. The van der Waals surface area contributed by atoms with E-state index in [0.717, 1.165) is 11.3 Å². The zero-order chi connectivity index (χ0) is 11.5. The molecule has 15 heavy (non-hydrogen) atoms. The Morgan fingerprint density at radius 2 is 2.20 bits per heavy atom. The van der Waals surface area contributed by atoms with E-state index in [2.05, 4.69) is 10.3 Å². The number of anilines is 1. The number of aliphatic hydroxyl groups is 2. The van der Waals surface area contributed by atoms with Crippen molar-refractivity contribution in [2.24, 2.45) is 0 Å². The highest BCUT2D eigenvalue weighted by atomic mass is 35.5. The van der Waals surface area contributed by atoms with E-state index in [1.165, 1.54) is 0 Å². The van der Waals surface area contributed by atoms with E-state index < -0.39 is 5.54 Å². The Kier molecular flexibility index (Phi) is 3.88. The molecule has 0 amide bonds. The minimum atomic E-state index is -0.867. The van der Waals surface area contributed by atoms with Crippen LogP contribution in [0.3, 0.4) is 0 Å². The van der Waals surface area contributed by atoms with Gasteiger partial charge in [-0.15, -0.1) is 0 Å². The summed E-state index contributed by atoms with van der Waals surface area (Å²) in [5.41, 5.74) is -0.867.